The maximum atomic E-state index is 9.97. The summed E-state index contributed by atoms with van der Waals surface area (Å²) in [5.74, 6) is 0. The monoisotopic (exact) mass is 369 g/mol. The minimum atomic E-state index is -0.194. The third-order valence-corrected chi connectivity index (χ3v) is 7.00. The van der Waals surface area contributed by atoms with Crippen molar-refractivity contribution in [3.63, 3.8) is 0 Å². The van der Waals surface area contributed by atoms with Gasteiger partial charge in [-0.25, -0.2) is 0 Å². The zero-order valence-electron chi connectivity index (χ0n) is 16.8. The van der Waals surface area contributed by atoms with E-state index in [-0.39, 0.29) is 11.1 Å². The summed E-state index contributed by atoms with van der Waals surface area (Å²) in [7, 11) is 0. The van der Waals surface area contributed by atoms with E-state index in [9.17, 15) is 5.26 Å². The van der Waals surface area contributed by atoms with Gasteiger partial charge in [0.2, 0.25) is 0 Å². The van der Waals surface area contributed by atoms with Crippen molar-refractivity contribution in [2.75, 3.05) is 19.6 Å². The lowest BCUT2D eigenvalue weighted by Crippen LogP contribution is -2.76. The van der Waals surface area contributed by atoms with Crippen molar-refractivity contribution in [2.45, 2.75) is 38.8 Å². The van der Waals surface area contributed by atoms with Crippen molar-refractivity contribution in [2.24, 2.45) is 5.41 Å². The Kier molecular flexibility index (Phi) is 3.98. The number of likely N-dealkylation sites (tertiary alicyclic amines) is 1. The highest BCUT2D eigenvalue weighted by Crippen LogP contribution is 2.53. The van der Waals surface area contributed by atoms with E-state index >= 15 is 0 Å². The van der Waals surface area contributed by atoms with Crippen LogP contribution in [0.3, 0.4) is 0 Å². The minimum absolute atomic E-state index is 0.115. The van der Waals surface area contributed by atoms with Crippen molar-refractivity contribution in [1.82, 2.24) is 10.2 Å². The Bertz CT molecular complexity index is 1040. The van der Waals surface area contributed by atoms with Crippen molar-refractivity contribution >= 4 is 21.5 Å². The van der Waals surface area contributed by atoms with Gasteiger partial charge in [-0.05, 0) is 23.6 Å². The lowest BCUT2D eigenvalue weighted by atomic mass is 9.64. The molecule has 0 bridgehead atoms. The standard InChI is InChI=1S/C25H27N3/c1-24(2)17-27-25(24,28-14-8-3-9-15-28)23-20-12-6-4-10-18(20)22(16-26)19-11-5-7-13-21(19)23/h4-7,10-13,27H,3,8-9,14-15,17H2,1-2H3. The van der Waals surface area contributed by atoms with Crippen LogP contribution in [0.2, 0.25) is 0 Å². The maximum absolute atomic E-state index is 9.97. The first-order valence-electron chi connectivity index (χ1n) is 10.4. The molecule has 0 aromatic heterocycles. The molecule has 3 nitrogen and oxygen atoms in total. The molecule has 1 N–H and O–H groups in total. The molecule has 5 rings (SSSR count). The summed E-state index contributed by atoms with van der Waals surface area (Å²) in [5, 5.41) is 18.4. The molecule has 2 aliphatic heterocycles. The molecule has 0 amide bonds. The van der Waals surface area contributed by atoms with Crippen LogP contribution < -0.4 is 5.32 Å². The second-order valence-electron chi connectivity index (χ2n) is 8.95. The molecule has 2 saturated heterocycles. The molecule has 3 aromatic rings. The van der Waals surface area contributed by atoms with Gasteiger partial charge in [-0.1, -0.05) is 68.8 Å². The Balaban J connectivity index is 1.93. The predicted molar refractivity (Wildman–Crippen MR) is 115 cm³/mol. The third-order valence-electron chi connectivity index (χ3n) is 7.00. The van der Waals surface area contributed by atoms with Crippen LogP contribution in [0.15, 0.2) is 48.5 Å². The molecule has 2 fully saturated rings. The minimum Gasteiger partial charge on any atom is -0.294 e. The highest BCUT2D eigenvalue weighted by Gasteiger charge is 2.58. The van der Waals surface area contributed by atoms with Crippen LogP contribution in [-0.2, 0) is 5.66 Å². The van der Waals surface area contributed by atoms with Gasteiger partial charge in [0.05, 0.1) is 5.56 Å². The number of nitriles is 1. The van der Waals surface area contributed by atoms with E-state index in [4.69, 9.17) is 0 Å². The topological polar surface area (TPSA) is 39.1 Å². The van der Waals surface area contributed by atoms with Gasteiger partial charge in [-0.3, -0.25) is 10.2 Å². The van der Waals surface area contributed by atoms with Crippen molar-refractivity contribution < 1.29 is 0 Å². The number of hydrogen-bond acceptors (Lipinski definition) is 3. The number of hydrogen-bond donors (Lipinski definition) is 1. The molecule has 3 heteroatoms. The molecular weight excluding hydrogens is 342 g/mol. The number of benzene rings is 3. The number of fused-ring (bicyclic) bond motifs is 2. The number of nitrogens with one attached hydrogen (secondary N) is 1. The first-order valence-corrected chi connectivity index (χ1v) is 10.4. The number of piperidine rings is 1. The molecule has 142 valence electrons. The molecule has 0 spiro atoms. The zero-order valence-corrected chi connectivity index (χ0v) is 16.8. The summed E-state index contributed by atoms with van der Waals surface area (Å²) in [6.45, 7) is 8.03. The number of rotatable bonds is 2. The summed E-state index contributed by atoms with van der Waals surface area (Å²) < 4.78 is 0. The van der Waals surface area contributed by atoms with E-state index in [0.717, 1.165) is 36.0 Å². The van der Waals surface area contributed by atoms with Gasteiger partial charge in [0, 0.05) is 41.4 Å². The quantitative estimate of drug-likeness (QED) is 0.636. The maximum Gasteiger partial charge on any atom is 0.105 e. The first-order chi connectivity index (χ1) is 13.6. The van der Waals surface area contributed by atoms with E-state index in [2.05, 4.69) is 78.7 Å². The van der Waals surface area contributed by atoms with Gasteiger partial charge in [0.15, 0.2) is 0 Å². The first kappa shape index (κ1) is 17.7. The second-order valence-corrected chi connectivity index (χ2v) is 8.95. The smallest absolute Gasteiger partial charge is 0.105 e. The second kappa shape index (κ2) is 6.30. The lowest BCUT2D eigenvalue weighted by molar-refractivity contribution is -0.127. The summed E-state index contributed by atoms with van der Waals surface area (Å²) in [6, 6.07) is 19.4. The fraction of sp³-hybridized carbons (Fsp3) is 0.400. The Morgan fingerprint density at radius 2 is 1.39 bits per heavy atom. The Labute approximate surface area is 166 Å². The van der Waals surface area contributed by atoms with Gasteiger partial charge in [-0.15, -0.1) is 0 Å². The molecule has 2 aliphatic rings. The van der Waals surface area contributed by atoms with Gasteiger partial charge in [0.1, 0.15) is 11.7 Å². The van der Waals surface area contributed by atoms with Crippen molar-refractivity contribution in [1.29, 1.82) is 5.26 Å². The average Bonchev–Trinajstić information content (AvgIpc) is 2.73. The van der Waals surface area contributed by atoms with Gasteiger partial charge in [-0.2, -0.15) is 5.26 Å². The average molecular weight is 370 g/mol. The number of nitrogens with zero attached hydrogens (tertiary/aromatic N) is 2. The van der Waals surface area contributed by atoms with Gasteiger partial charge >= 0.3 is 0 Å². The summed E-state index contributed by atoms with van der Waals surface area (Å²) >= 11 is 0. The molecule has 0 radical (unpaired) electrons. The van der Waals surface area contributed by atoms with E-state index in [0.29, 0.717) is 0 Å². The van der Waals surface area contributed by atoms with Crippen LogP contribution in [0.25, 0.3) is 21.5 Å². The van der Waals surface area contributed by atoms with Crippen LogP contribution in [0.4, 0.5) is 0 Å². The third kappa shape index (κ3) is 2.22. The van der Waals surface area contributed by atoms with Gasteiger partial charge < -0.3 is 0 Å². The van der Waals surface area contributed by atoms with Crippen LogP contribution in [0.1, 0.15) is 44.2 Å². The molecule has 28 heavy (non-hydrogen) atoms. The molecule has 0 saturated carbocycles. The fourth-order valence-electron chi connectivity index (χ4n) is 5.60. The molecule has 2 heterocycles. The van der Waals surface area contributed by atoms with E-state index in [1.165, 1.54) is 35.6 Å². The summed E-state index contributed by atoms with van der Waals surface area (Å²) in [5.41, 5.74) is 2.07. The molecular formula is C25H27N3. The van der Waals surface area contributed by atoms with Crippen LogP contribution >= 0.6 is 0 Å². The van der Waals surface area contributed by atoms with E-state index in [1.807, 2.05) is 0 Å². The highest BCUT2D eigenvalue weighted by molar-refractivity contribution is 6.08. The Morgan fingerprint density at radius 3 is 1.82 bits per heavy atom. The molecule has 0 aliphatic carbocycles. The van der Waals surface area contributed by atoms with E-state index < -0.39 is 0 Å². The summed E-state index contributed by atoms with van der Waals surface area (Å²) in [6.07, 6.45) is 3.83. The zero-order chi connectivity index (χ0) is 19.4. The fourth-order valence-corrected chi connectivity index (χ4v) is 5.60. The van der Waals surface area contributed by atoms with E-state index in [1.54, 1.807) is 0 Å². The van der Waals surface area contributed by atoms with Gasteiger partial charge in [0.25, 0.3) is 0 Å². The molecule has 3 aromatic carbocycles. The van der Waals surface area contributed by atoms with Crippen LogP contribution in [-0.4, -0.2) is 24.5 Å². The Hall–Kier alpha value is -2.41. The molecule has 1 unspecified atom stereocenters. The lowest BCUT2D eigenvalue weighted by Gasteiger charge is -2.63. The summed E-state index contributed by atoms with van der Waals surface area (Å²) in [4.78, 5) is 2.68. The normalized spacial score (nSPS) is 24.8. The predicted octanol–water partition coefficient (Wildman–Crippen LogP) is 5.13. The van der Waals surface area contributed by atoms with Crippen molar-refractivity contribution in [3.05, 3.63) is 59.7 Å². The van der Waals surface area contributed by atoms with Crippen molar-refractivity contribution in [3.8, 4) is 6.07 Å². The molecule has 1 atom stereocenters. The Morgan fingerprint density at radius 1 is 0.857 bits per heavy atom. The van der Waals surface area contributed by atoms with Crippen LogP contribution in [0.5, 0.6) is 0 Å². The van der Waals surface area contributed by atoms with Crippen LogP contribution in [0, 0.1) is 16.7 Å². The SMILES string of the molecule is CC1(C)CNC1(c1c2ccccc2c(C#N)c2ccccc12)N1CCCCC1. The largest absolute Gasteiger partial charge is 0.294 e. The highest BCUT2D eigenvalue weighted by atomic mass is 15.4.